The van der Waals surface area contributed by atoms with E-state index in [2.05, 4.69) is 26.0 Å². The third-order valence-electron chi connectivity index (χ3n) is 2.04. The van der Waals surface area contributed by atoms with Crippen molar-refractivity contribution in [3.63, 3.8) is 0 Å². The van der Waals surface area contributed by atoms with E-state index >= 15 is 0 Å². The van der Waals surface area contributed by atoms with Crippen LogP contribution in [0.3, 0.4) is 0 Å². The topological polar surface area (TPSA) is 15.6 Å². The summed E-state index contributed by atoms with van der Waals surface area (Å²) in [4.78, 5) is 0. The minimum atomic E-state index is 0.814. The third kappa shape index (κ3) is 2.91. The highest BCUT2D eigenvalue weighted by atomic mass is 15.4. The largest absolute Gasteiger partial charge is 0.300 e. The van der Waals surface area contributed by atoms with Crippen molar-refractivity contribution in [1.82, 2.24) is 5.01 Å². The molecule has 2 nitrogen and oxygen atoms in total. The van der Waals surface area contributed by atoms with Gasteiger partial charge in [-0.2, -0.15) is 5.10 Å². The lowest BCUT2D eigenvalue weighted by Gasteiger charge is -2.12. The van der Waals surface area contributed by atoms with Gasteiger partial charge in [0.2, 0.25) is 0 Å². The maximum absolute atomic E-state index is 4.48. The van der Waals surface area contributed by atoms with Gasteiger partial charge in [-0.25, -0.2) is 0 Å². The van der Waals surface area contributed by atoms with Crippen LogP contribution < -0.4 is 0 Å². The molecule has 2 heteroatoms. The van der Waals surface area contributed by atoms with E-state index in [0.717, 1.165) is 12.5 Å². The first-order chi connectivity index (χ1) is 5.24. The van der Waals surface area contributed by atoms with Crippen LogP contribution >= 0.6 is 0 Å². The minimum Gasteiger partial charge on any atom is -0.300 e. The lowest BCUT2D eigenvalue weighted by molar-refractivity contribution is 0.353. The van der Waals surface area contributed by atoms with Crippen LogP contribution in [0.5, 0.6) is 0 Å². The zero-order valence-electron chi connectivity index (χ0n) is 7.80. The molecule has 0 saturated heterocycles. The van der Waals surface area contributed by atoms with Crippen LogP contribution in [0.4, 0.5) is 0 Å². The maximum Gasteiger partial charge on any atom is 0.0380 e. The van der Waals surface area contributed by atoms with Crippen LogP contribution in [0.15, 0.2) is 5.10 Å². The van der Waals surface area contributed by atoms with Crippen molar-refractivity contribution in [2.75, 3.05) is 13.6 Å². The van der Waals surface area contributed by atoms with Crippen molar-refractivity contribution >= 4 is 5.71 Å². The summed E-state index contributed by atoms with van der Waals surface area (Å²) in [6.07, 6.45) is 3.89. The summed E-state index contributed by atoms with van der Waals surface area (Å²) in [7, 11) is 2.05. The molecule has 1 fully saturated rings. The molecular weight excluding hydrogens is 136 g/mol. The normalized spacial score (nSPS) is 18.6. The Hall–Kier alpha value is -0.530. The van der Waals surface area contributed by atoms with E-state index in [0.29, 0.717) is 0 Å². The highest BCUT2D eigenvalue weighted by Gasteiger charge is 2.24. The first-order valence-corrected chi connectivity index (χ1v) is 4.50. The van der Waals surface area contributed by atoms with Crippen molar-refractivity contribution in [3.05, 3.63) is 0 Å². The molecule has 0 unspecified atom stereocenters. The quantitative estimate of drug-likeness (QED) is 0.447. The molecule has 1 saturated carbocycles. The Balaban J connectivity index is 2.29. The Kier molecular flexibility index (Phi) is 2.92. The Bertz CT molecular complexity index is 148. The SMILES string of the molecule is CCCN(C)N=C(C)C1CC1. The molecule has 0 radical (unpaired) electrons. The second-order valence-electron chi connectivity index (χ2n) is 3.40. The number of hydrogen-bond acceptors (Lipinski definition) is 2. The Labute approximate surface area is 69.3 Å². The van der Waals surface area contributed by atoms with E-state index in [-0.39, 0.29) is 0 Å². The van der Waals surface area contributed by atoms with Crippen LogP contribution in [0, 0.1) is 5.92 Å². The van der Waals surface area contributed by atoms with Crippen molar-refractivity contribution in [2.45, 2.75) is 33.1 Å². The van der Waals surface area contributed by atoms with Crippen molar-refractivity contribution < 1.29 is 0 Å². The van der Waals surface area contributed by atoms with Gasteiger partial charge in [0.1, 0.15) is 0 Å². The average molecular weight is 154 g/mol. The number of hydrogen-bond donors (Lipinski definition) is 0. The van der Waals surface area contributed by atoms with Gasteiger partial charge in [-0.3, -0.25) is 0 Å². The fourth-order valence-electron chi connectivity index (χ4n) is 1.23. The molecule has 0 amide bonds. The average Bonchev–Trinajstić information content (AvgIpc) is 2.67. The second kappa shape index (κ2) is 3.74. The summed E-state index contributed by atoms with van der Waals surface area (Å²) in [5, 5.41) is 6.53. The molecule has 0 heterocycles. The van der Waals surface area contributed by atoms with Crippen LogP contribution in [0.25, 0.3) is 0 Å². The van der Waals surface area contributed by atoms with E-state index in [9.17, 15) is 0 Å². The molecule has 0 aromatic rings. The molecule has 1 aliphatic carbocycles. The highest BCUT2D eigenvalue weighted by Crippen LogP contribution is 2.30. The fourth-order valence-corrected chi connectivity index (χ4v) is 1.23. The summed E-state index contributed by atoms with van der Waals surface area (Å²) in [5.41, 5.74) is 1.32. The smallest absolute Gasteiger partial charge is 0.0380 e. The molecule has 0 spiro atoms. The Morgan fingerprint density at radius 1 is 1.55 bits per heavy atom. The van der Waals surface area contributed by atoms with Gasteiger partial charge in [-0.15, -0.1) is 0 Å². The van der Waals surface area contributed by atoms with Gasteiger partial charge in [-0.1, -0.05) is 6.92 Å². The second-order valence-corrected chi connectivity index (χ2v) is 3.40. The first-order valence-electron chi connectivity index (χ1n) is 4.50. The van der Waals surface area contributed by atoms with Crippen LogP contribution in [0.2, 0.25) is 0 Å². The van der Waals surface area contributed by atoms with Crippen LogP contribution in [-0.2, 0) is 0 Å². The molecular formula is C9H18N2. The van der Waals surface area contributed by atoms with Gasteiger partial charge >= 0.3 is 0 Å². The first kappa shape index (κ1) is 8.57. The lowest BCUT2D eigenvalue weighted by Crippen LogP contribution is -2.14. The van der Waals surface area contributed by atoms with E-state index in [1.807, 2.05) is 5.01 Å². The summed E-state index contributed by atoms with van der Waals surface area (Å²) in [6.45, 7) is 5.40. The Morgan fingerprint density at radius 2 is 2.18 bits per heavy atom. The van der Waals surface area contributed by atoms with E-state index in [1.54, 1.807) is 0 Å². The predicted octanol–water partition coefficient (Wildman–Crippen LogP) is 2.11. The van der Waals surface area contributed by atoms with E-state index in [4.69, 9.17) is 0 Å². The summed E-state index contributed by atoms with van der Waals surface area (Å²) >= 11 is 0. The van der Waals surface area contributed by atoms with Crippen molar-refractivity contribution in [1.29, 1.82) is 0 Å². The summed E-state index contributed by atoms with van der Waals surface area (Å²) in [5.74, 6) is 0.814. The zero-order chi connectivity index (χ0) is 8.27. The van der Waals surface area contributed by atoms with Crippen LogP contribution in [-0.4, -0.2) is 24.3 Å². The summed E-state index contributed by atoms with van der Waals surface area (Å²) < 4.78 is 0. The zero-order valence-corrected chi connectivity index (χ0v) is 7.80. The molecule has 1 aliphatic rings. The molecule has 0 aliphatic heterocycles. The van der Waals surface area contributed by atoms with Gasteiger partial charge < -0.3 is 5.01 Å². The van der Waals surface area contributed by atoms with E-state index < -0.39 is 0 Å². The number of hydrazone groups is 1. The summed E-state index contributed by atoms with van der Waals surface area (Å²) in [6, 6.07) is 0. The molecule has 0 aromatic carbocycles. The molecule has 0 bridgehead atoms. The fraction of sp³-hybridized carbons (Fsp3) is 0.889. The van der Waals surface area contributed by atoms with Gasteiger partial charge in [0, 0.05) is 19.3 Å². The van der Waals surface area contributed by atoms with Crippen LogP contribution in [0.1, 0.15) is 33.1 Å². The van der Waals surface area contributed by atoms with Crippen molar-refractivity contribution in [2.24, 2.45) is 11.0 Å². The van der Waals surface area contributed by atoms with E-state index in [1.165, 1.54) is 25.0 Å². The maximum atomic E-state index is 4.48. The molecule has 1 rings (SSSR count). The van der Waals surface area contributed by atoms with Gasteiger partial charge in [-0.05, 0) is 32.1 Å². The third-order valence-corrected chi connectivity index (χ3v) is 2.04. The molecule has 0 N–H and O–H groups in total. The lowest BCUT2D eigenvalue weighted by atomic mass is 10.3. The predicted molar refractivity (Wildman–Crippen MR) is 48.8 cm³/mol. The monoisotopic (exact) mass is 154 g/mol. The standard InChI is InChI=1S/C9H18N2/c1-4-7-11(3)10-8(2)9-5-6-9/h9H,4-7H2,1-3H3. The highest BCUT2D eigenvalue weighted by molar-refractivity contribution is 5.86. The van der Waals surface area contributed by atoms with Gasteiger partial charge in [0.25, 0.3) is 0 Å². The minimum absolute atomic E-state index is 0.814. The molecule has 11 heavy (non-hydrogen) atoms. The van der Waals surface area contributed by atoms with Gasteiger partial charge in [0.05, 0.1) is 0 Å². The van der Waals surface area contributed by atoms with Gasteiger partial charge in [0.15, 0.2) is 0 Å². The molecule has 0 aromatic heterocycles. The van der Waals surface area contributed by atoms with Crippen molar-refractivity contribution in [3.8, 4) is 0 Å². The number of rotatable bonds is 4. The molecule has 0 atom stereocenters. The number of nitrogens with zero attached hydrogens (tertiary/aromatic N) is 2. The Morgan fingerprint density at radius 3 is 2.64 bits per heavy atom. The molecule has 64 valence electrons.